The van der Waals surface area contributed by atoms with Gasteiger partial charge in [0.05, 0.1) is 18.5 Å². The van der Waals surface area contributed by atoms with E-state index in [-0.39, 0.29) is 0 Å². The number of rotatable bonds is 3. The van der Waals surface area contributed by atoms with Crippen molar-refractivity contribution in [3.63, 3.8) is 0 Å². The van der Waals surface area contributed by atoms with Crippen LogP contribution in [0.25, 0.3) is 0 Å². The number of aromatic nitrogens is 2. The molecule has 90 valence electrons. The number of ether oxygens (including phenoxy) is 1. The van der Waals surface area contributed by atoms with Crippen LogP contribution in [0.3, 0.4) is 0 Å². The molecule has 0 fully saturated rings. The molecule has 0 aliphatic carbocycles. The van der Waals surface area contributed by atoms with Gasteiger partial charge in [0, 0.05) is 12.6 Å². The largest absolute Gasteiger partial charge is 0.496 e. The Morgan fingerprint density at radius 2 is 2.06 bits per heavy atom. The number of methoxy groups -OCH3 is 1. The maximum atomic E-state index is 10.4. The monoisotopic (exact) mass is 232 g/mol. The standard InChI is InChI=1S/C13H16N2O2/c1-9-8-11(15(2)14-9)13(16)10-6-4-5-7-12(10)17-3/h4-8,13,16H,1-3H3. The zero-order chi connectivity index (χ0) is 12.4. The van der Waals surface area contributed by atoms with Crippen LogP contribution in [0.4, 0.5) is 0 Å². The first kappa shape index (κ1) is 11.7. The highest BCUT2D eigenvalue weighted by Gasteiger charge is 2.18. The van der Waals surface area contributed by atoms with Gasteiger partial charge >= 0.3 is 0 Å². The third kappa shape index (κ3) is 2.17. The maximum Gasteiger partial charge on any atom is 0.125 e. The number of hydrogen-bond donors (Lipinski definition) is 1. The minimum atomic E-state index is -0.725. The molecule has 2 aromatic rings. The predicted molar refractivity (Wildman–Crippen MR) is 65.0 cm³/mol. The second-order valence-corrected chi connectivity index (χ2v) is 3.98. The third-order valence-corrected chi connectivity index (χ3v) is 2.75. The van der Waals surface area contributed by atoms with Crippen LogP contribution in [0.5, 0.6) is 5.75 Å². The molecular formula is C13H16N2O2. The van der Waals surface area contributed by atoms with Gasteiger partial charge < -0.3 is 9.84 Å². The molecule has 1 heterocycles. The maximum absolute atomic E-state index is 10.4. The zero-order valence-electron chi connectivity index (χ0n) is 10.2. The third-order valence-electron chi connectivity index (χ3n) is 2.75. The van der Waals surface area contributed by atoms with Crippen LogP contribution in [-0.4, -0.2) is 22.0 Å². The molecular weight excluding hydrogens is 216 g/mol. The van der Waals surface area contributed by atoms with E-state index in [1.165, 1.54) is 0 Å². The van der Waals surface area contributed by atoms with Gasteiger partial charge in [0.25, 0.3) is 0 Å². The van der Waals surface area contributed by atoms with E-state index in [2.05, 4.69) is 5.10 Å². The van der Waals surface area contributed by atoms with Gasteiger partial charge in [0.15, 0.2) is 0 Å². The van der Waals surface area contributed by atoms with Crippen molar-refractivity contribution in [2.45, 2.75) is 13.0 Å². The molecule has 0 aliphatic heterocycles. The number of benzene rings is 1. The number of para-hydroxylation sites is 1. The normalized spacial score (nSPS) is 12.5. The molecule has 4 nitrogen and oxygen atoms in total. The smallest absolute Gasteiger partial charge is 0.125 e. The minimum Gasteiger partial charge on any atom is -0.496 e. The Hall–Kier alpha value is -1.81. The van der Waals surface area contributed by atoms with E-state index in [4.69, 9.17) is 4.74 Å². The van der Waals surface area contributed by atoms with E-state index in [0.29, 0.717) is 5.75 Å². The summed E-state index contributed by atoms with van der Waals surface area (Å²) in [6.07, 6.45) is -0.725. The van der Waals surface area contributed by atoms with E-state index in [1.54, 1.807) is 11.8 Å². The van der Waals surface area contributed by atoms with Crippen LogP contribution in [0.2, 0.25) is 0 Å². The molecule has 0 bridgehead atoms. The zero-order valence-corrected chi connectivity index (χ0v) is 10.2. The molecule has 0 aliphatic rings. The highest BCUT2D eigenvalue weighted by Crippen LogP contribution is 2.29. The fourth-order valence-electron chi connectivity index (χ4n) is 1.94. The van der Waals surface area contributed by atoms with Crippen LogP contribution >= 0.6 is 0 Å². The molecule has 0 saturated heterocycles. The molecule has 1 N–H and O–H groups in total. The summed E-state index contributed by atoms with van der Waals surface area (Å²) >= 11 is 0. The molecule has 1 unspecified atom stereocenters. The van der Waals surface area contributed by atoms with Crippen LogP contribution in [-0.2, 0) is 7.05 Å². The molecule has 1 aromatic carbocycles. The Labute approximate surface area is 100 Å². The summed E-state index contributed by atoms with van der Waals surface area (Å²) in [6, 6.07) is 9.32. The lowest BCUT2D eigenvalue weighted by atomic mass is 10.1. The molecule has 1 atom stereocenters. The molecule has 0 spiro atoms. The number of aliphatic hydroxyl groups excluding tert-OH is 1. The fourth-order valence-corrected chi connectivity index (χ4v) is 1.94. The van der Waals surface area contributed by atoms with Crippen LogP contribution in [0.1, 0.15) is 23.1 Å². The summed E-state index contributed by atoms with van der Waals surface area (Å²) in [4.78, 5) is 0. The minimum absolute atomic E-state index is 0.679. The van der Waals surface area contributed by atoms with Crippen molar-refractivity contribution in [2.24, 2.45) is 7.05 Å². The second-order valence-electron chi connectivity index (χ2n) is 3.98. The van der Waals surface area contributed by atoms with Crippen LogP contribution in [0.15, 0.2) is 30.3 Å². The highest BCUT2D eigenvalue weighted by atomic mass is 16.5. The van der Waals surface area contributed by atoms with E-state index in [9.17, 15) is 5.11 Å². The Morgan fingerprint density at radius 3 is 2.65 bits per heavy atom. The van der Waals surface area contributed by atoms with Gasteiger partial charge in [-0.05, 0) is 19.1 Å². The lowest BCUT2D eigenvalue weighted by Gasteiger charge is -2.14. The fraction of sp³-hybridized carbons (Fsp3) is 0.308. The summed E-state index contributed by atoms with van der Waals surface area (Å²) in [7, 11) is 3.42. The molecule has 2 rings (SSSR count). The molecule has 0 radical (unpaired) electrons. The van der Waals surface area contributed by atoms with Crippen LogP contribution < -0.4 is 4.74 Å². The number of nitrogens with zero attached hydrogens (tertiary/aromatic N) is 2. The highest BCUT2D eigenvalue weighted by molar-refractivity contribution is 5.38. The summed E-state index contributed by atoms with van der Waals surface area (Å²) in [5, 5.41) is 14.6. The van der Waals surface area contributed by atoms with Gasteiger partial charge in [0.1, 0.15) is 11.9 Å². The van der Waals surface area contributed by atoms with E-state index in [0.717, 1.165) is 17.0 Å². The van der Waals surface area contributed by atoms with Crippen molar-refractivity contribution in [3.05, 3.63) is 47.3 Å². The number of hydrogen-bond acceptors (Lipinski definition) is 3. The van der Waals surface area contributed by atoms with Gasteiger partial charge in [-0.15, -0.1) is 0 Å². The van der Waals surface area contributed by atoms with Gasteiger partial charge in [-0.2, -0.15) is 5.10 Å². The Morgan fingerprint density at radius 1 is 1.35 bits per heavy atom. The van der Waals surface area contributed by atoms with Gasteiger partial charge in [0.2, 0.25) is 0 Å². The Kier molecular flexibility index (Phi) is 3.15. The van der Waals surface area contributed by atoms with E-state index >= 15 is 0 Å². The van der Waals surface area contributed by atoms with Gasteiger partial charge in [-0.3, -0.25) is 4.68 Å². The summed E-state index contributed by atoms with van der Waals surface area (Å²) < 4.78 is 6.93. The van der Waals surface area contributed by atoms with E-state index < -0.39 is 6.10 Å². The Balaban J connectivity index is 2.43. The number of aryl methyl sites for hydroxylation is 2. The number of aliphatic hydroxyl groups is 1. The predicted octanol–water partition coefficient (Wildman–Crippen LogP) is 1.82. The Bertz CT molecular complexity index is 520. The second kappa shape index (κ2) is 4.59. The first-order chi connectivity index (χ1) is 8.13. The summed E-state index contributed by atoms with van der Waals surface area (Å²) in [5.74, 6) is 0.679. The topological polar surface area (TPSA) is 47.3 Å². The lowest BCUT2D eigenvalue weighted by molar-refractivity contribution is 0.204. The first-order valence-electron chi connectivity index (χ1n) is 5.45. The first-order valence-corrected chi connectivity index (χ1v) is 5.45. The lowest BCUT2D eigenvalue weighted by Crippen LogP contribution is -2.07. The average molecular weight is 232 g/mol. The van der Waals surface area contributed by atoms with Gasteiger partial charge in [-0.25, -0.2) is 0 Å². The molecule has 4 heteroatoms. The molecule has 1 aromatic heterocycles. The van der Waals surface area contributed by atoms with Crippen molar-refractivity contribution in [2.75, 3.05) is 7.11 Å². The van der Waals surface area contributed by atoms with E-state index in [1.807, 2.05) is 44.3 Å². The molecule has 17 heavy (non-hydrogen) atoms. The van der Waals surface area contributed by atoms with Crippen molar-refractivity contribution < 1.29 is 9.84 Å². The summed E-state index contributed by atoms with van der Waals surface area (Å²) in [6.45, 7) is 1.90. The van der Waals surface area contributed by atoms with Gasteiger partial charge in [-0.1, -0.05) is 18.2 Å². The van der Waals surface area contributed by atoms with Crippen molar-refractivity contribution in [1.82, 2.24) is 9.78 Å². The van der Waals surface area contributed by atoms with Crippen molar-refractivity contribution in [3.8, 4) is 5.75 Å². The quantitative estimate of drug-likeness (QED) is 0.878. The van der Waals surface area contributed by atoms with Crippen LogP contribution in [0, 0.1) is 6.92 Å². The SMILES string of the molecule is COc1ccccc1C(O)c1cc(C)nn1C. The average Bonchev–Trinajstić information content (AvgIpc) is 2.67. The summed E-state index contributed by atoms with van der Waals surface area (Å²) in [5.41, 5.74) is 2.39. The van der Waals surface area contributed by atoms with Crippen molar-refractivity contribution >= 4 is 0 Å². The van der Waals surface area contributed by atoms with Crippen molar-refractivity contribution in [1.29, 1.82) is 0 Å². The molecule has 0 amide bonds. The molecule has 0 saturated carbocycles.